The van der Waals surface area contributed by atoms with Crippen LogP contribution in [0.15, 0.2) is 4.99 Å². The van der Waals surface area contributed by atoms with Crippen molar-refractivity contribution in [2.45, 2.75) is 56.8 Å². The molecule has 1 aliphatic rings. The Morgan fingerprint density at radius 2 is 1.83 bits per heavy atom. The van der Waals surface area contributed by atoms with Crippen LogP contribution < -0.4 is 27.8 Å². The number of carboxylic acid groups (broad SMARTS) is 1. The van der Waals surface area contributed by atoms with Gasteiger partial charge in [-0.1, -0.05) is 0 Å². The zero-order valence-electron chi connectivity index (χ0n) is 16.9. The maximum Gasteiger partial charge on any atom is 0.326 e. The fourth-order valence-electron chi connectivity index (χ4n) is 3.02. The largest absolute Gasteiger partial charge is 0.480 e. The fraction of sp³-hybridized carbons (Fsp3) is 0.706. The van der Waals surface area contributed by atoms with Gasteiger partial charge in [0, 0.05) is 18.8 Å². The van der Waals surface area contributed by atoms with Crippen LogP contribution in [0.25, 0.3) is 0 Å². The first-order valence-electron chi connectivity index (χ1n) is 9.64. The first-order valence-corrected chi connectivity index (χ1v) is 10.3. The van der Waals surface area contributed by atoms with Crippen LogP contribution in [-0.4, -0.2) is 82.7 Å². The van der Waals surface area contributed by atoms with Crippen LogP contribution in [0.3, 0.4) is 0 Å². The van der Waals surface area contributed by atoms with Gasteiger partial charge in [0.15, 0.2) is 5.96 Å². The Morgan fingerprint density at radius 1 is 1.20 bits per heavy atom. The average molecular weight is 446 g/mol. The number of thiol groups is 1. The lowest BCUT2D eigenvalue weighted by Gasteiger charge is -2.28. The van der Waals surface area contributed by atoms with E-state index >= 15 is 0 Å². The molecule has 13 heteroatoms. The smallest absolute Gasteiger partial charge is 0.326 e. The first-order chi connectivity index (χ1) is 14.1. The van der Waals surface area contributed by atoms with Gasteiger partial charge in [0.25, 0.3) is 0 Å². The Balaban J connectivity index is 2.92. The molecule has 0 radical (unpaired) electrons. The number of nitrogens with one attached hydrogen (secondary N) is 2. The number of aliphatic carboxylic acids is 1. The zero-order chi connectivity index (χ0) is 22.8. The predicted octanol–water partition coefficient (Wildman–Crippen LogP) is -2.64. The van der Waals surface area contributed by atoms with E-state index in [2.05, 4.69) is 28.3 Å². The van der Waals surface area contributed by atoms with Gasteiger partial charge in [-0.25, -0.2) is 4.79 Å². The molecule has 1 fully saturated rings. The number of likely N-dealkylation sites (tertiary alicyclic amines) is 1. The summed E-state index contributed by atoms with van der Waals surface area (Å²) in [6.07, 6.45) is 1.46. The molecule has 1 rings (SSSR count). The minimum absolute atomic E-state index is 0.0132. The highest BCUT2D eigenvalue weighted by Gasteiger charge is 2.38. The van der Waals surface area contributed by atoms with Gasteiger partial charge in [0.05, 0.1) is 6.04 Å². The van der Waals surface area contributed by atoms with E-state index in [1.165, 1.54) is 11.8 Å². The van der Waals surface area contributed by atoms with Crippen molar-refractivity contribution in [1.82, 2.24) is 15.5 Å². The van der Waals surface area contributed by atoms with E-state index < -0.39 is 47.9 Å². The Morgan fingerprint density at radius 3 is 2.37 bits per heavy atom. The Kier molecular flexibility index (Phi) is 10.4. The lowest BCUT2D eigenvalue weighted by molar-refractivity contribution is -0.149. The Hall–Kier alpha value is -2.54. The zero-order valence-corrected chi connectivity index (χ0v) is 17.8. The summed E-state index contributed by atoms with van der Waals surface area (Å²) >= 11 is 4.07. The molecule has 9 N–H and O–H groups in total. The van der Waals surface area contributed by atoms with Crippen molar-refractivity contribution in [3.8, 4) is 0 Å². The molecule has 1 aliphatic heterocycles. The van der Waals surface area contributed by atoms with Crippen molar-refractivity contribution in [3.63, 3.8) is 0 Å². The third-order valence-electron chi connectivity index (χ3n) is 4.61. The molecule has 3 amide bonds. The molecule has 0 aromatic heterocycles. The highest BCUT2D eigenvalue weighted by molar-refractivity contribution is 7.80. The number of carbonyl (C=O) groups is 4. The minimum atomic E-state index is -1.09. The number of amides is 3. The van der Waals surface area contributed by atoms with Crippen molar-refractivity contribution >= 4 is 42.3 Å². The summed E-state index contributed by atoms with van der Waals surface area (Å²) < 4.78 is 0. The number of hydrogen-bond acceptors (Lipinski definition) is 7. The molecular weight excluding hydrogens is 414 g/mol. The number of carboxylic acids is 1. The first kappa shape index (κ1) is 25.5. The summed E-state index contributed by atoms with van der Waals surface area (Å²) in [5.41, 5.74) is 16.1. The van der Waals surface area contributed by atoms with Crippen molar-refractivity contribution in [1.29, 1.82) is 0 Å². The van der Waals surface area contributed by atoms with E-state index in [1.54, 1.807) is 0 Å². The molecular formula is C17H31N7O5S. The van der Waals surface area contributed by atoms with Crippen LogP contribution in [0.5, 0.6) is 0 Å². The lowest BCUT2D eigenvalue weighted by Crippen LogP contribution is -2.57. The van der Waals surface area contributed by atoms with Crippen LogP contribution in [0, 0.1) is 0 Å². The monoisotopic (exact) mass is 445 g/mol. The van der Waals surface area contributed by atoms with Gasteiger partial charge < -0.3 is 37.8 Å². The summed E-state index contributed by atoms with van der Waals surface area (Å²) in [6.45, 7) is 1.99. The molecule has 0 spiro atoms. The highest BCUT2D eigenvalue weighted by Crippen LogP contribution is 2.19. The SMILES string of the molecule is CC(N)C(=O)NC(CS)C(=O)NC(CCCN=C(N)N)C(=O)N1CCCC1C(=O)O. The topological polar surface area (TPSA) is 206 Å². The molecule has 4 unspecified atom stereocenters. The predicted molar refractivity (Wildman–Crippen MR) is 114 cm³/mol. The van der Waals surface area contributed by atoms with E-state index in [0.29, 0.717) is 19.3 Å². The fourth-order valence-corrected chi connectivity index (χ4v) is 3.28. The van der Waals surface area contributed by atoms with Crippen molar-refractivity contribution in [2.24, 2.45) is 22.2 Å². The number of nitrogens with two attached hydrogens (primary N) is 3. The van der Waals surface area contributed by atoms with Gasteiger partial charge >= 0.3 is 5.97 Å². The van der Waals surface area contributed by atoms with Crippen molar-refractivity contribution in [3.05, 3.63) is 0 Å². The maximum atomic E-state index is 13.0. The van der Waals surface area contributed by atoms with Crippen molar-refractivity contribution in [2.75, 3.05) is 18.8 Å². The second-order valence-electron chi connectivity index (χ2n) is 7.07. The van der Waals surface area contributed by atoms with Crippen LogP contribution >= 0.6 is 12.6 Å². The summed E-state index contributed by atoms with van der Waals surface area (Å²) in [7, 11) is 0. The lowest BCUT2D eigenvalue weighted by atomic mass is 10.1. The van der Waals surface area contributed by atoms with E-state index in [0.717, 1.165) is 0 Å². The third-order valence-corrected chi connectivity index (χ3v) is 4.98. The van der Waals surface area contributed by atoms with E-state index in [9.17, 15) is 24.3 Å². The molecule has 12 nitrogen and oxygen atoms in total. The summed E-state index contributed by atoms with van der Waals surface area (Å²) in [4.78, 5) is 54.0. The van der Waals surface area contributed by atoms with Gasteiger partial charge in [0.2, 0.25) is 17.7 Å². The third kappa shape index (κ3) is 7.71. The molecule has 0 bridgehead atoms. The Bertz CT molecular complexity index is 669. The number of guanidine groups is 1. The molecule has 0 aromatic carbocycles. The molecule has 0 aromatic rings. The summed E-state index contributed by atoms with van der Waals surface area (Å²) in [6, 6.07) is -3.76. The normalized spacial score (nSPS) is 18.8. The second-order valence-corrected chi connectivity index (χ2v) is 7.44. The number of carbonyl (C=O) groups excluding carboxylic acids is 3. The average Bonchev–Trinajstić information content (AvgIpc) is 3.17. The van der Waals surface area contributed by atoms with Gasteiger partial charge in [-0.15, -0.1) is 0 Å². The Labute approximate surface area is 180 Å². The number of hydrogen-bond donors (Lipinski definition) is 7. The maximum absolute atomic E-state index is 13.0. The van der Waals surface area contributed by atoms with Gasteiger partial charge in [-0.3, -0.25) is 19.4 Å². The summed E-state index contributed by atoms with van der Waals surface area (Å²) in [5.74, 6) is -2.87. The van der Waals surface area contributed by atoms with Gasteiger partial charge in [-0.2, -0.15) is 12.6 Å². The standard InChI is InChI=1S/C17H31N7O5S/c1-9(18)13(25)23-11(8-30)14(26)22-10(4-2-6-21-17(19)20)15(27)24-7-3-5-12(24)16(28)29/h9-12,30H,2-8,18H2,1H3,(H,22,26)(H,23,25)(H,28,29)(H4,19,20,21). The number of rotatable bonds is 11. The van der Waals surface area contributed by atoms with Crippen LogP contribution in [0.4, 0.5) is 0 Å². The second kappa shape index (κ2) is 12.2. The molecule has 0 aliphatic carbocycles. The molecule has 1 heterocycles. The molecule has 1 saturated heterocycles. The number of aliphatic imine (C=N–C) groups is 1. The van der Waals surface area contributed by atoms with E-state index in [1.807, 2.05) is 0 Å². The quantitative estimate of drug-likeness (QED) is 0.0772. The van der Waals surface area contributed by atoms with Crippen LogP contribution in [0.1, 0.15) is 32.6 Å². The number of nitrogens with zero attached hydrogens (tertiary/aromatic N) is 2. The van der Waals surface area contributed by atoms with Crippen LogP contribution in [-0.2, 0) is 19.2 Å². The molecule has 4 atom stereocenters. The van der Waals surface area contributed by atoms with Gasteiger partial charge in [0.1, 0.15) is 18.1 Å². The molecule has 30 heavy (non-hydrogen) atoms. The van der Waals surface area contributed by atoms with Crippen molar-refractivity contribution < 1.29 is 24.3 Å². The minimum Gasteiger partial charge on any atom is -0.480 e. The molecule has 170 valence electrons. The van der Waals surface area contributed by atoms with E-state index in [4.69, 9.17) is 17.2 Å². The van der Waals surface area contributed by atoms with E-state index in [-0.39, 0.29) is 31.2 Å². The van der Waals surface area contributed by atoms with Crippen LogP contribution in [0.2, 0.25) is 0 Å². The highest BCUT2D eigenvalue weighted by atomic mass is 32.1. The summed E-state index contributed by atoms with van der Waals surface area (Å²) in [5, 5.41) is 14.4. The molecule has 0 saturated carbocycles. The van der Waals surface area contributed by atoms with Gasteiger partial charge in [-0.05, 0) is 32.6 Å².